The largest absolute Gasteiger partial charge is 0.356 e. The molecule has 0 bridgehead atoms. The number of nitrogens with one attached hydrogen (secondary N) is 1. The number of carbonyl (C=O) groups is 2. The number of carbonyl (C=O) groups excluding carboxylic acids is 2. The van der Waals surface area contributed by atoms with Crippen LogP contribution in [0.1, 0.15) is 61.2 Å². The third-order valence-electron chi connectivity index (χ3n) is 1.85. The van der Waals surface area contributed by atoms with Crippen molar-refractivity contribution in [2.45, 2.75) is 59.8 Å². The lowest BCUT2D eigenvalue weighted by molar-refractivity contribution is -0.121. The van der Waals surface area contributed by atoms with E-state index in [1.807, 2.05) is 20.8 Å². The molecule has 1 N–H and O–H groups in total. The van der Waals surface area contributed by atoms with Crippen LogP contribution in [0.4, 0.5) is 0 Å². The highest BCUT2D eigenvalue weighted by atomic mass is 16.1. The summed E-state index contributed by atoms with van der Waals surface area (Å²) in [5, 5.41) is 2.80. The van der Waals surface area contributed by atoms with Crippen LogP contribution in [0.2, 0.25) is 0 Å². The fourth-order valence-corrected chi connectivity index (χ4v) is 1.03. The molecule has 0 aliphatic heterocycles. The number of unbranched alkanes of at least 4 members (excludes halogenated alkanes) is 2. The Kier molecular flexibility index (Phi) is 14.5. The van der Waals surface area contributed by atoms with Crippen LogP contribution in [0.3, 0.4) is 0 Å². The minimum absolute atomic E-state index is 0. The van der Waals surface area contributed by atoms with Gasteiger partial charge in [-0.2, -0.15) is 0 Å². The molecule has 0 unspecified atom stereocenters. The molecule has 0 aromatic rings. The Bertz CT molecular complexity index is 172. The summed E-state index contributed by atoms with van der Waals surface area (Å²) in [6, 6.07) is 0. The quantitative estimate of drug-likeness (QED) is 0.666. The Hall–Kier alpha value is -0.860. The van der Waals surface area contributed by atoms with Crippen molar-refractivity contribution in [2.75, 3.05) is 6.54 Å². The Morgan fingerprint density at radius 3 is 2.20 bits per heavy atom. The highest BCUT2D eigenvalue weighted by molar-refractivity contribution is 5.75. The molecule has 0 aliphatic carbocycles. The van der Waals surface area contributed by atoms with E-state index in [-0.39, 0.29) is 13.1 Å². The first kappa shape index (κ1) is 16.6. The third kappa shape index (κ3) is 15.9. The number of hydrogen-bond acceptors (Lipinski definition) is 2. The predicted octanol–water partition coefficient (Wildman–Crippen LogP) is 2.93. The Balaban J connectivity index is -0.000000529. The molecule has 15 heavy (non-hydrogen) atoms. The van der Waals surface area contributed by atoms with Gasteiger partial charge in [0.1, 0.15) is 5.78 Å². The van der Waals surface area contributed by atoms with Crippen molar-refractivity contribution in [1.29, 1.82) is 0 Å². The summed E-state index contributed by atoms with van der Waals surface area (Å²) in [7, 11) is 0. The van der Waals surface area contributed by atoms with Gasteiger partial charge in [-0.15, -0.1) is 0 Å². The standard InChI is InChI=1S/C10H19NO2.C2H6.H2/c1-3-10(13)11-8-6-4-5-7-9(2)12;1-2;/h3-8H2,1-2H3,(H,11,13);1-2H3;1H. The number of Topliss-reactive ketones (excluding diaryl/α,β-unsaturated/α-hetero) is 1. The summed E-state index contributed by atoms with van der Waals surface area (Å²) in [5.74, 6) is 0.351. The molecule has 0 radical (unpaired) electrons. The predicted molar refractivity (Wildman–Crippen MR) is 65.9 cm³/mol. The van der Waals surface area contributed by atoms with E-state index in [4.69, 9.17) is 0 Å². The average molecular weight is 217 g/mol. The number of amides is 1. The van der Waals surface area contributed by atoms with Crippen LogP contribution in [-0.2, 0) is 9.59 Å². The number of hydrogen-bond donors (Lipinski definition) is 1. The zero-order valence-electron chi connectivity index (χ0n) is 10.6. The number of ketones is 1. The van der Waals surface area contributed by atoms with Gasteiger partial charge in [-0.3, -0.25) is 4.79 Å². The third-order valence-corrected chi connectivity index (χ3v) is 1.85. The second-order valence-corrected chi connectivity index (χ2v) is 3.22. The van der Waals surface area contributed by atoms with Gasteiger partial charge in [0.15, 0.2) is 0 Å². The lowest BCUT2D eigenvalue weighted by Gasteiger charge is -2.02. The second kappa shape index (κ2) is 13.1. The Labute approximate surface area is 95.1 Å². The number of rotatable bonds is 7. The van der Waals surface area contributed by atoms with Crippen molar-refractivity contribution in [3.05, 3.63) is 0 Å². The minimum atomic E-state index is 0. The fraction of sp³-hybridized carbons (Fsp3) is 0.833. The molecular formula is C12H27NO2. The van der Waals surface area contributed by atoms with Gasteiger partial charge in [-0.25, -0.2) is 0 Å². The molecule has 0 fully saturated rings. The maximum absolute atomic E-state index is 10.8. The maximum atomic E-state index is 10.8. The van der Waals surface area contributed by atoms with Gasteiger partial charge in [0.2, 0.25) is 5.91 Å². The van der Waals surface area contributed by atoms with Crippen LogP contribution >= 0.6 is 0 Å². The molecule has 0 aliphatic rings. The summed E-state index contributed by atoms with van der Waals surface area (Å²) in [6.07, 6.45) is 4.15. The van der Waals surface area contributed by atoms with Crippen LogP contribution in [0.15, 0.2) is 0 Å². The molecule has 0 saturated carbocycles. The molecule has 0 aromatic carbocycles. The van der Waals surface area contributed by atoms with Crippen LogP contribution < -0.4 is 5.32 Å². The average Bonchev–Trinajstić information content (AvgIpc) is 2.25. The molecule has 0 heterocycles. The normalized spacial score (nSPS) is 8.80. The molecule has 3 heteroatoms. The van der Waals surface area contributed by atoms with Crippen LogP contribution in [0, 0.1) is 0 Å². The first-order valence-corrected chi connectivity index (χ1v) is 5.93. The molecular weight excluding hydrogens is 190 g/mol. The van der Waals surface area contributed by atoms with Gasteiger partial charge in [0, 0.05) is 20.8 Å². The monoisotopic (exact) mass is 217 g/mol. The Morgan fingerprint density at radius 2 is 1.73 bits per heavy atom. The van der Waals surface area contributed by atoms with Gasteiger partial charge in [-0.05, 0) is 19.8 Å². The summed E-state index contributed by atoms with van der Waals surface area (Å²) in [6.45, 7) is 8.19. The molecule has 0 aromatic heterocycles. The van der Waals surface area contributed by atoms with Crippen molar-refractivity contribution in [1.82, 2.24) is 5.32 Å². The highest BCUT2D eigenvalue weighted by Crippen LogP contribution is 1.99. The first-order chi connectivity index (χ1) is 7.16. The highest BCUT2D eigenvalue weighted by Gasteiger charge is 1.96. The van der Waals surface area contributed by atoms with E-state index >= 15 is 0 Å². The van der Waals surface area contributed by atoms with E-state index < -0.39 is 0 Å². The van der Waals surface area contributed by atoms with Gasteiger partial charge in [0.25, 0.3) is 0 Å². The van der Waals surface area contributed by atoms with Crippen LogP contribution in [-0.4, -0.2) is 18.2 Å². The molecule has 0 rings (SSSR count). The van der Waals surface area contributed by atoms with E-state index in [1.165, 1.54) is 0 Å². The van der Waals surface area contributed by atoms with Gasteiger partial charge < -0.3 is 10.1 Å². The van der Waals surface area contributed by atoms with E-state index in [0.717, 1.165) is 25.8 Å². The van der Waals surface area contributed by atoms with Gasteiger partial charge >= 0.3 is 0 Å². The molecule has 0 atom stereocenters. The molecule has 3 nitrogen and oxygen atoms in total. The van der Waals surface area contributed by atoms with E-state index in [0.29, 0.717) is 12.8 Å². The Morgan fingerprint density at radius 1 is 1.13 bits per heavy atom. The van der Waals surface area contributed by atoms with Crippen molar-refractivity contribution in [3.8, 4) is 0 Å². The van der Waals surface area contributed by atoms with E-state index in [1.54, 1.807) is 6.92 Å². The van der Waals surface area contributed by atoms with Crippen molar-refractivity contribution >= 4 is 11.7 Å². The zero-order valence-corrected chi connectivity index (χ0v) is 10.6. The van der Waals surface area contributed by atoms with E-state index in [9.17, 15) is 9.59 Å². The van der Waals surface area contributed by atoms with E-state index in [2.05, 4.69) is 5.32 Å². The van der Waals surface area contributed by atoms with Crippen molar-refractivity contribution in [3.63, 3.8) is 0 Å². The zero-order chi connectivity index (χ0) is 12.1. The molecule has 1 amide bonds. The summed E-state index contributed by atoms with van der Waals surface area (Å²) in [4.78, 5) is 21.3. The summed E-state index contributed by atoms with van der Waals surface area (Å²) >= 11 is 0. The lowest BCUT2D eigenvalue weighted by atomic mass is 10.1. The SMILES string of the molecule is CC.CCC(=O)NCCCCCC(C)=O.[HH]. The summed E-state index contributed by atoms with van der Waals surface area (Å²) in [5.41, 5.74) is 0. The first-order valence-electron chi connectivity index (χ1n) is 5.93. The fourth-order valence-electron chi connectivity index (χ4n) is 1.03. The van der Waals surface area contributed by atoms with Crippen LogP contribution in [0.25, 0.3) is 0 Å². The minimum Gasteiger partial charge on any atom is -0.356 e. The molecule has 0 spiro atoms. The van der Waals surface area contributed by atoms with Gasteiger partial charge in [0.05, 0.1) is 0 Å². The molecule has 92 valence electrons. The van der Waals surface area contributed by atoms with Crippen LogP contribution in [0.5, 0.6) is 0 Å². The van der Waals surface area contributed by atoms with Gasteiger partial charge in [-0.1, -0.05) is 27.2 Å². The lowest BCUT2D eigenvalue weighted by Crippen LogP contribution is -2.23. The maximum Gasteiger partial charge on any atom is 0.219 e. The van der Waals surface area contributed by atoms with Crippen molar-refractivity contribution < 1.29 is 11.0 Å². The molecule has 0 saturated heterocycles. The summed E-state index contributed by atoms with van der Waals surface area (Å²) < 4.78 is 0. The van der Waals surface area contributed by atoms with Crippen molar-refractivity contribution in [2.24, 2.45) is 0 Å². The topological polar surface area (TPSA) is 46.2 Å². The smallest absolute Gasteiger partial charge is 0.219 e. The second-order valence-electron chi connectivity index (χ2n) is 3.22.